The lowest BCUT2D eigenvalue weighted by molar-refractivity contribution is -0.384. The maximum atomic E-state index is 10.8. The molecule has 112 valence electrons. The molecule has 0 unspecified atom stereocenters. The van der Waals surface area contributed by atoms with E-state index in [1.54, 1.807) is 7.11 Å². The second-order valence-corrected chi connectivity index (χ2v) is 3.92. The van der Waals surface area contributed by atoms with Crippen LogP contribution in [0.15, 0.2) is 12.1 Å². The summed E-state index contributed by atoms with van der Waals surface area (Å²) in [6.45, 7) is 4.60. The molecule has 1 aromatic heterocycles. The van der Waals surface area contributed by atoms with Gasteiger partial charge in [0.1, 0.15) is 11.6 Å². The van der Waals surface area contributed by atoms with Gasteiger partial charge in [-0.15, -0.1) is 0 Å². The summed E-state index contributed by atoms with van der Waals surface area (Å²) in [6.07, 6.45) is 0. The first kappa shape index (κ1) is 16.1. The molecular weight excluding hydrogens is 264 g/mol. The Hall–Kier alpha value is -1.93. The van der Waals surface area contributed by atoms with Crippen LogP contribution in [0.25, 0.3) is 0 Å². The molecular formula is C12H20N4O4. The van der Waals surface area contributed by atoms with Crippen LogP contribution in [0.5, 0.6) is 0 Å². The van der Waals surface area contributed by atoms with E-state index in [0.29, 0.717) is 44.5 Å². The van der Waals surface area contributed by atoms with Crippen molar-refractivity contribution in [2.45, 2.75) is 6.92 Å². The molecule has 0 saturated heterocycles. The fourth-order valence-corrected chi connectivity index (χ4v) is 1.48. The molecule has 0 radical (unpaired) electrons. The average molecular weight is 284 g/mol. The molecule has 0 spiro atoms. The largest absolute Gasteiger partial charge is 0.382 e. The molecule has 0 aliphatic heterocycles. The number of anilines is 2. The summed E-state index contributed by atoms with van der Waals surface area (Å²) in [4.78, 5) is 14.6. The van der Waals surface area contributed by atoms with E-state index in [-0.39, 0.29) is 5.69 Å². The van der Waals surface area contributed by atoms with Gasteiger partial charge in [-0.05, 0) is 6.92 Å². The topological polar surface area (TPSA) is 98.6 Å². The number of methoxy groups -OCH3 is 1. The third-order valence-corrected chi connectivity index (χ3v) is 2.36. The molecule has 0 bridgehead atoms. The summed E-state index contributed by atoms with van der Waals surface area (Å²) in [5.74, 6) is 0.926. The standard InChI is InChI=1S/C12H20N4O4/c1-3-13-11-8-10(16(17)18)9-12(15-11)14-4-5-20-7-6-19-2/h8-9H,3-7H2,1-2H3,(H2,13,14,15). The Morgan fingerprint density at radius 3 is 2.55 bits per heavy atom. The van der Waals surface area contributed by atoms with Gasteiger partial charge < -0.3 is 20.1 Å². The van der Waals surface area contributed by atoms with Gasteiger partial charge in [-0.1, -0.05) is 0 Å². The van der Waals surface area contributed by atoms with E-state index in [1.807, 2.05) is 6.92 Å². The minimum absolute atomic E-state index is 0.00116. The minimum atomic E-state index is -0.442. The SMILES string of the molecule is CCNc1cc([N+](=O)[O-])cc(NCCOCCOC)n1. The van der Waals surface area contributed by atoms with Crippen molar-refractivity contribution in [3.8, 4) is 0 Å². The summed E-state index contributed by atoms with van der Waals surface area (Å²) in [5.41, 5.74) is -0.00116. The number of aromatic nitrogens is 1. The van der Waals surface area contributed by atoms with Crippen LogP contribution < -0.4 is 10.6 Å². The van der Waals surface area contributed by atoms with Gasteiger partial charge in [0.2, 0.25) is 0 Å². The first-order valence-electron chi connectivity index (χ1n) is 6.38. The van der Waals surface area contributed by atoms with E-state index in [4.69, 9.17) is 9.47 Å². The van der Waals surface area contributed by atoms with E-state index in [9.17, 15) is 10.1 Å². The zero-order valence-electron chi connectivity index (χ0n) is 11.7. The lowest BCUT2D eigenvalue weighted by atomic mass is 10.3. The van der Waals surface area contributed by atoms with Gasteiger partial charge in [-0.2, -0.15) is 0 Å². The summed E-state index contributed by atoms with van der Waals surface area (Å²) in [7, 11) is 1.61. The lowest BCUT2D eigenvalue weighted by Crippen LogP contribution is -2.13. The molecule has 20 heavy (non-hydrogen) atoms. The fraction of sp³-hybridized carbons (Fsp3) is 0.583. The van der Waals surface area contributed by atoms with Crippen molar-refractivity contribution in [1.29, 1.82) is 0 Å². The van der Waals surface area contributed by atoms with E-state index in [1.165, 1.54) is 12.1 Å². The summed E-state index contributed by atoms with van der Waals surface area (Å²) < 4.78 is 10.1. The average Bonchev–Trinajstić information content (AvgIpc) is 2.43. The van der Waals surface area contributed by atoms with Crippen molar-refractivity contribution in [2.75, 3.05) is 50.7 Å². The van der Waals surface area contributed by atoms with E-state index >= 15 is 0 Å². The van der Waals surface area contributed by atoms with Gasteiger partial charge in [-0.3, -0.25) is 10.1 Å². The Kier molecular flexibility index (Phi) is 7.30. The second-order valence-electron chi connectivity index (χ2n) is 3.92. The Labute approximate surface area is 117 Å². The normalized spacial score (nSPS) is 10.3. The zero-order chi connectivity index (χ0) is 14.8. The fourth-order valence-electron chi connectivity index (χ4n) is 1.48. The second kappa shape index (κ2) is 9.05. The maximum Gasteiger partial charge on any atom is 0.276 e. The summed E-state index contributed by atoms with van der Waals surface area (Å²) in [6, 6.07) is 2.81. The predicted molar refractivity (Wildman–Crippen MR) is 76.2 cm³/mol. The highest BCUT2D eigenvalue weighted by Crippen LogP contribution is 2.20. The number of hydrogen-bond acceptors (Lipinski definition) is 7. The van der Waals surface area contributed by atoms with E-state index in [2.05, 4.69) is 15.6 Å². The van der Waals surface area contributed by atoms with E-state index < -0.39 is 4.92 Å². The third kappa shape index (κ3) is 5.81. The van der Waals surface area contributed by atoms with Gasteiger partial charge in [-0.25, -0.2) is 4.98 Å². The molecule has 1 heterocycles. The first-order valence-corrected chi connectivity index (χ1v) is 6.38. The lowest BCUT2D eigenvalue weighted by Gasteiger charge is -2.09. The van der Waals surface area contributed by atoms with Crippen molar-refractivity contribution in [2.24, 2.45) is 0 Å². The molecule has 0 saturated carbocycles. The van der Waals surface area contributed by atoms with Crippen LogP contribution in [0.1, 0.15) is 6.92 Å². The predicted octanol–water partition coefficient (Wildman–Crippen LogP) is 1.50. The maximum absolute atomic E-state index is 10.8. The van der Waals surface area contributed by atoms with Crippen molar-refractivity contribution >= 4 is 17.3 Å². The van der Waals surface area contributed by atoms with Gasteiger partial charge >= 0.3 is 0 Å². The van der Waals surface area contributed by atoms with Crippen LogP contribution in [0.4, 0.5) is 17.3 Å². The molecule has 1 aromatic rings. The van der Waals surface area contributed by atoms with Gasteiger partial charge in [0.25, 0.3) is 5.69 Å². The quantitative estimate of drug-likeness (QED) is 0.381. The molecule has 8 heteroatoms. The smallest absolute Gasteiger partial charge is 0.276 e. The van der Waals surface area contributed by atoms with Crippen LogP contribution in [-0.2, 0) is 9.47 Å². The molecule has 0 amide bonds. The van der Waals surface area contributed by atoms with Crippen molar-refractivity contribution in [3.63, 3.8) is 0 Å². The summed E-state index contributed by atoms with van der Waals surface area (Å²) in [5, 5.41) is 16.8. The molecule has 0 aliphatic rings. The van der Waals surface area contributed by atoms with Crippen LogP contribution >= 0.6 is 0 Å². The van der Waals surface area contributed by atoms with Crippen LogP contribution in [0.3, 0.4) is 0 Å². The number of nitrogens with zero attached hydrogens (tertiary/aromatic N) is 2. The highest BCUT2D eigenvalue weighted by atomic mass is 16.6. The van der Waals surface area contributed by atoms with Crippen LogP contribution in [-0.4, -0.2) is 49.9 Å². The monoisotopic (exact) mass is 284 g/mol. The number of ether oxygens (including phenoxy) is 2. The molecule has 8 nitrogen and oxygen atoms in total. The number of nitrogens with one attached hydrogen (secondary N) is 2. The molecule has 0 atom stereocenters. The van der Waals surface area contributed by atoms with Crippen molar-refractivity contribution in [3.05, 3.63) is 22.2 Å². The Morgan fingerprint density at radius 1 is 1.25 bits per heavy atom. The van der Waals surface area contributed by atoms with Gasteiger partial charge in [0.05, 0.1) is 36.9 Å². The zero-order valence-corrected chi connectivity index (χ0v) is 11.7. The van der Waals surface area contributed by atoms with Crippen LogP contribution in [0.2, 0.25) is 0 Å². The number of pyridine rings is 1. The van der Waals surface area contributed by atoms with Gasteiger partial charge in [0, 0.05) is 20.2 Å². The highest BCUT2D eigenvalue weighted by molar-refractivity contribution is 5.54. The van der Waals surface area contributed by atoms with Crippen molar-refractivity contribution < 1.29 is 14.4 Å². The van der Waals surface area contributed by atoms with E-state index in [0.717, 1.165) is 0 Å². The number of nitro groups is 1. The summed E-state index contributed by atoms with van der Waals surface area (Å²) >= 11 is 0. The molecule has 2 N–H and O–H groups in total. The first-order chi connectivity index (χ1) is 9.67. The Morgan fingerprint density at radius 2 is 1.95 bits per heavy atom. The molecule has 0 fully saturated rings. The Bertz CT molecular complexity index is 428. The number of hydrogen-bond donors (Lipinski definition) is 2. The molecule has 1 rings (SSSR count). The molecule has 0 aromatic carbocycles. The van der Waals surface area contributed by atoms with Crippen molar-refractivity contribution in [1.82, 2.24) is 4.98 Å². The third-order valence-electron chi connectivity index (χ3n) is 2.36. The Balaban J connectivity index is 2.53. The van der Waals surface area contributed by atoms with Crippen LogP contribution in [0, 0.1) is 10.1 Å². The highest BCUT2D eigenvalue weighted by Gasteiger charge is 2.10. The minimum Gasteiger partial charge on any atom is -0.382 e. The van der Waals surface area contributed by atoms with Gasteiger partial charge in [0.15, 0.2) is 0 Å². The number of rotatable bonds is 10. The molecule has 0 aliphatic carbocycles.